The first kappa shape index (κ1) is 15.8. The monoisotopic (exact) mass is 285 g/mol. The zero-order chi connectivity index (χ0) is 5.58. The SMILES string of the molecule is OO.[NH2-].[O]=[Re](=[O])=[O]. The number of rotatable bonds is 0. The third kappa shape index (κ3) is 27800. The third-order valence-corrected chi connectivity index (χ3v) is 0. The van der Waals surface area contributed by atoms with Crippen molar-refractivity contribution in [3.05, 3.63) is 6.15 Å². The van der Waals surface area contributed by atoms with Gasteiger partial charge in [0.15, 0.2) is 0 Å². The van der Waals surface area contributed by atoms with Gasteiger partial charge in [0, 0.05) is 0 Å². The Kier molecular flexibility index (Phi) is 37.8. The van der Waals surface area contributed by atoms with Gasteiger partial charge in [-0.2, -0.15) is 0 Å². The predicted octanol–water partition coefficient (Wildman–Crippen LogP) is 0.376. The van der Waals surface area contributed by atoms with Crippen molar-refractivity contribution >= 4 is 0 Å². The van der Waals surface area contributed by atoms with E-state index in [1.807, 2.05) is 0 Å². The second-order valence-electron chi connectivity index (χ2n) is 0.189. The molecule has 0 amide bonds. The fourth-order valence-corrected chi connectivity index (χ4v) is 0. The van der Waals surface area contributed by atoms with E-state index in [1.54, 1.807) is 0 Å². The van der Waals surface area contributed by atoms with E-state index < -0.39 is 16.6 Å². The van der Waals surface area contributed by atoms with E-state index in [2.05, 4.69) is 0 Å². The average Bonchev–Trinajstić information content (AvgIpc) is 1.41. The van der Waals surface area contributed by atoms with Gasteiger partial charge in [0.1, 0.15) is 0 Å². The van der Waals surface area contributed by atoms with Crippen LogP contribution in [0.1, 0.15) is 0 Å². The van der Waals surface area contributed by atoms with Gasteiger partial charge in [-0.15, -0.1) is 0 Å². The van der Waals surface area contributed by atoms with Crippen LogP contribution >= 0.6 is 0 Å². The maximum atomic E-state index is 8.60. The Hall–Kier alpha value is -0.0577. The topological polar surface area (TPSA) is 125 Å². The van der Waals surface area contributed by atoms with Crippen molar-refractivity contribution in [1.82, 2.24) is 0 Å². The van der Waals surface area contributed by atoms with Gasteiger partial charge in [-0.3, -0.25) is 10.5 Å². The zero-order valence-corrected chi connectivity index (χ0v) is 5.79. The molecule has 47 valence electrons. The first-order valence-electron chi connectivity index (χ1n) is 0.663. The van der Waals surface area contributed by atoms with Crippen molar-refractivity contribution in [2.45, 2.75) is 0 Å². The predicted molar refractivity (Wildman–Crippen MR) is 12.6 cm³/mol. The third-order valence-electron chi connectivity index (χ3n) is 0. The Labute approximate surface area is 44.4 Å². The van der Waals surface area contributed by atoms with Crippen LogP contribution in [0.2, 0.25) is 0 Å². The standard InChI is InChI=1S/H2N.H2O2.3O.Re/c;1-2;;;;/h1H2;1-2H;;;;/q-1;;;;;. The van der Waals surface area contributed by atoms with Crippen LogP contribution in [0.15, 0.2) is 0 Å². The molecule has 7 heteroatoms. The summed E-state index contributed by atoms with van der Waals surface area (Å²) in [4.78, 5) is 0. The Morgan fingerprint density at radius 2 is 1.00 bits per heavy atom. The molecule has 0 heterocycles. The summed E-state index contributed by atoms with van der Waals surface area (Å²) in [6.07, 6.45) is 0. The summed E-state index contributed by atoms with van der Waals surface area (Å²) in [6.45, 7) is 0. The van der Waals surface area contributed by atoms with E-state index in [1.165, 1.54) is 0 Å². The van der Waals surface area contributed by atoms with Gasteiger partial charge in [0.2, 0.25) is 0 Å². The summed E-state index contributed by atoms with van der Waals surface area (Å²) in [5.41, 5.74) is 0. The number of hydrogen-bond acceptors (Lipinski definition) is 5. The minimum absolute atomic E-state index is 0. The van der Waals surface area contributed by atoms with Crippen LogP contribution in [0, 0.1) is 0 Å². The fourth-order valence-electron chi connectivity index (χ4n) is 0. The van der Waals surface area contributed by atoms with E-state index in [0.29, 0.717) is 0 Å². The molecule has 0 aromatic heterocycles. The summed E-state index contributed by atoms with van der Waals surface area (Å²) >= 11 is -4.21. The van der Waals surface area contributed by atoms with Crippen LogP contribution in [0.25, 0.3) is 6.15 Å². The van der Waals surface area contributed by atoms with Crippen molar-refractivity contribution in [2.24, 2.45) is 0 Å². The van der Waals surface area contributed by atoms with Crippen molar-refractivity contribution in [3.8, 4) is 0 Å². The molecular formula is H4NO5Re-. The van der Waals surface area contributed by atoms with E-state index in [0.717, 1.165) is 0 Å². The molecule has 0 saturated carbocycles. The number of nitrogens with two attached hydrogens (primary N) is 1. The number of hydrogen-bond donors (Lipinski definition) is 2. The Morgan fingerprint density at radius 3 is 1.00 bits per heavy atom. The quantitative estimate of drug-likeness (QED) is 0.491. The van der Waals surface area contributed by atoms with Gasteiger partial charge in [0.05, 0.1) is 0 Å². The molecule has 4 N–H and O–H groups in total. The molecule has 6 nitrogen and oxygen atoms in total. The average molecular weight is 284 g/mol. The summed E-state index contributed by atoms with van der Waals surface area (Å²) in [6, 6.07) is 0. The van der Waals surface area contributed by atoms with E-state index in [-0.39, 0.29) is 6.15 Å². The van der Waals surface area contributed by atoms with E-state index >= 15 is 0 Å². The van der Waals surface area contributed by atoms with Gasteiger partial charge in [0.25, 0.3) is 0 Å². The van der Waals surface area contributed by atoms with Crippen molar-refractivity contribution in [1.29, 1.82) is 0 Å². The van der Waals surface area contributed by atoms with Crippen molar-refractivity contribution < 1.29 is 37.6 Å². The van der Waals surface area contributed by atoms with Crippen LogP contribution in [0.4, 0.5) is 0 Å². The van der Waals surface area contributed by atoms with E-state index in [4.69, 9.17) is 20.9 Å². The molecule has 0 bridgehead atoms. The molecule has 0 radical (unpaired) electrons. The van der Waals surface area contributed by atoms with Crippen LogP contribution in [-0.4, -0.2) is 10.5 Å². The molecule has 0 unspecified atom stereocenters. The molecule has 0 aromatic carbocycles. The molecule has 0 atom stereocenters. The van der Waals surface area contributed by atoms with E-state index in [9.17, 15) is 0 Å². The second-order valence-corrected chi connectivity index (χ2v) is 1.55. The molecule has 0 aliphatic rings. The van der Waals surface area contributed by atoms with Crippen LogP contribution in [-0.2, 0) is 27.0 Å². The molecule has 0 aliphatic heterocycles. The maximum absolute atomic E-state index is 8.60. The zero-order valence-electron chi connectivity index (χ0n) is 3.07. The van der Waals surface area contributed by atoms with Crippen LogP contribution < -0.4 is 0 Å². The van der Waals surface area contributed by atoms with Gasteiger partial charge in [-0.05, 0) is 0 Å². The summed E-state index contributed by atoms with van der Waals surface area (Å²) in [7, 11) is 0. The summed E-state index contributed by atoms with van der Waals surface area (Å²) < 4.78 is 25.8. The normalized spacial score (nSPS) is 4.29. The van der Waals surface area contributed by atoms with Crippen LogP contribution in [0.5, 0.6) is 0 Å². The fraction of sp³-hybridized carbons (Fsp3) is 0. The van der Waals surface area contributed by atoms with Crippen molar-refractivity contribution in [2.75, 3.05) is 0 Å². The summed E-state index contributed by atoms with van der Waals surface area (Å²) in [5, 5.41) is 12.0. The van der Waals surface area contributed by atoms with Gasteiger partial charge in [-0.1, -0.05) is 0 Å². The molecule has 0 saturated heterocycles. The molecule has 0 aromatic rings. The molecule has 0 aliphatic carbocycles. The minimum atomic E-state index is -4.21. The first-order valence-corrected chi connectivity index (χ1v) is 3.99. The summed E-state index contributed by atoms with van der Waals surface area (Å²) in [5.74, 6) is 0. The van der Waals surface area contributed by atoms with Gasteiger partial charge in [-0.25, -0.2) is 0 Å². The molecule has 0 rings (SSSR count). The van der Waals surface area contributed by atoms with Gasteiger partial charge >= 0.3 is 27.0 Å². The molecule has 0 fully saturated rings. The van der Waals surface area contributed by atoms with Crippen molar-refractivity contribution in [3.63, 3.8) is 0 Å². The molecular weight excluding hydrogens is 280 g/mol. The second kappa shape index (κ2) is 16.8. The molecule has 7 heavy (non-hydrogen) atoms. The van der Waals surface area contributed by atoms with Crippen LogP contribution in [0.3, 0.4) is 0 Å². The Balaban J connectivity index is -0.0000000480. The Morgan fingerprint density at radius 1 is 1.00 bits per heavy atom. The Bertz CT molecular complexity index is 77.5. The van der Waals surface area contributed by atoms with Gasteiger partial charge < -0.3 is 6.15 Å². The molecule has 0 spiro atoms. The first-order chi connectivity index (χ1) is 2.73.